The van der Waals surface area contributed by atoms with Crippen molar-refractivity contribution in [3.63, 3.8) is 0 Å². The molecule has 1 aliphatic rings. The van der Waals surface area contributed by atoms with Gasteiger partial charge in [-0.05, 0) is 38.0 Å². The van der Waals surface area contributed by atoms with E-state index in [4.69, 9.17) is 0 Å². The smallest absolute Gasteiger partial charge is 0.248 e. The molecule has 1 aromatic carbocycles. The summed E-state index contributed by atoms with van der Waals surface area (Å²) in [6.45, 7) is 5.76. The second kappa shape index (κ2) is 5.84. The van der Waals surface area contributed by atoms with Crippen molar-refractivity contribution >= 4 is 11.8 Å². The van der Waals surface area contributed by atoms with Gasteiger partial charge in [-0.3, -0.25) is 9.59 Å². The highest BCUT2D eigenvalue weighted by Gasteiger charge is 2.41. The number of carbonyl (C=O) groups is 2. The Kier molecular flexibility index (Phi) is 4.30. The third kappa shape index (κ3) is 3.23. The fraction of sp³-hybridized carbons (Fsp3) is 0.500. The molecule has 2 unspecified atom stereocenters. The lowest BCUT2D eigenvalue weighted by Crippen LogP contribution is -2.55. The van der Waals surface area contributed by atoms with Gasteiger partial charge in [-0.15, -0.1) is 0 Å². The third-order valence-corrected chi connectivity index (χ3v) is 4.11. The first-order valence-corrected chi connectivity index (χ1v) is 7.22. The Hall–Kier alpha value is -1.91. The maximum atomic E-state index is 13.3. The van der Waals surface area contributed by atoms with E-state index >= 15 is 0 Å². The SMILES string of the molecule is CCC1(C)NC(=O)CC(C)N(Cc2cccc(F)c2)C1=O. The summed E-state index contributed by atoms with van der Waals surface area (Å²) < 4.78 is 13.3. The summed E-state index contributed by atoms with van der Waals surface area (Å²) >= 11 is 0. The number of nitrogens with one attached hydrogen (secondary N) is 1. The van der Waals surface area contributed by atoms with Crippen LogP contribution in [0, 0.1) is 5.82 Å². The van der Waals surface area contributed by atoms with Crippen LogP contribution in [0.2, 0.25) is 0 Å². The summed E-state index contributed by atoms with van der Waals surface area (Å²) in [6, 6.07) is 5.99. The van der Waals surface area contributed by atoms with E-state index in [1.807, 2.05) is 13.8 Å². The zero-order valence-corrected chi connectivity index (χ0v) is 12.6. The molecule has 114 valence electrons. The summed E-state index contributed by atoms with van der Waals surface area (Å²) in [5.74, 6) is -0.565. The average molecular weight is 292 g/mol. The van der Waals surface area contributed by atoms with Crippen molar-refractivity contribution in [3.8, 4) is 0 Å². The van der Waals surface area contributed by atoms with Gasteiger partial charge < -0.3 is 10.2 Å². The zero-order chi connectivity index (χ0) is 15.6. The largest absolute Gasteiger partial charge is 0.342 e. The van der Waals surface area contributed by atoms with Crippen LogP contribution in [0.3, 0.4) is 0 Å². The maximum absolute atomic E-state index is 13.3. The highest BCUT2D eigenvalue weighted by Crippen LogP contribution is 2.23. The van der Waals surface area contributed by atoms with Gasteiger partial charge >= 0.3 is 0 Å². The molecule has 0 saturated carbocycles. The highest BCUT2D eigenvalue weighted by molar-refractivity contribution is 5.93. The normalized spacial score (nSPS) is 26.5. The molecule has 4 nitrogen and oxygen atoms in total. The first-order chi connectivity index (χ1) is 9.85. The molecule has 0 aliphatic carbocycles. The molecule has 1 aromatic rings. The van der Waals surface area contributed by atoms with Crippen LogP contribution in [-0.2, 0) is 16.1 Å². The van der Waals surface area contributed by atoms with Gasteiger partial charge in [0.15, 0.2) is 0 Å². The fourth-order valence-corrected chi connectivity index (χ4v) is 2.61. The maximum Gasteiger partial charge on any atom is 0.248 e. The number of hydrogen-bond donors (Lipinski definition) is 1. The van der Waals surface area contributed by atoms with E-state index in [2.05, 4.69) is 5.32 Å². The second-order valence-electron chi connectivity index (χ2n) is 5.85. The first kappa shape index (κ1) is 15.5. The summed E-state index contributed by atoms with van der Waals surface area (Å²) in [5, 5.41) is 2.81. The average Bonchev–Trinajstić information content (AvgIpc) is 2.50. The lowest BCUT2D eigenvalue weighted by atomic mass is 9.96. The number of halogens is 1. The van der Waals surface area contributed by atoms with E-state index in [1.54, 1.807) is 24.0 Å². The molecule has 0 radical (unpaired) electrons. The molecule has 1 N–H and O–H groups in total. The Morgan fingerprint density at radius 2 is 2.14 bits per heavy atom. The van der Waals surface area contributed by atoms with Crippen LogP contribution in [0.4, 0.5) is 4.39 Å². The minimum absolute atomic E-state index is 0.118. The molecule has 21 heavy (non-hydrogen) atoms. The number of amides is 2. The molecule has 5 heteroatoms. The predicted molar refractivity (Wildman–Crippen MR) is 77.9 cm³/mol. The Balaban J connectivity index is 2.30. The van der Waals surface area contributed by atoms with Crippen molar-refractivity contribution in [2.45, 2.75) is 51.7 Å². The van der Waals surface area contributed by atoms with Crippen LogP contribution in [0.15, 0.2) is 24.3 Å². The first-order valence-electron chi connectivity index (χ1n) is 7.22. The van der Waals surface area contributed by atoms with Crippen LogP contribution in [0.1, 0.15) is 39.2 Å². The number of benzene rings is 1. The molecular weight excluding hydrogens is 271 g/mol. The molecular formula is C16H21FN2O2. The van der Waals surface area contributed by atoms with Crippen LogP contribution in [0.25, 0.3) is 0 Å². The number of carbonyl (C=O) groups excluding carboxylic acids is 2. The molecule has 0 bridgehead atoms. The Labute approximate surface area is 124 Å². The van der Waals surface area contributed by atoms with Crippen molar-refractivity contribution in [2.24, 2.45) is 0 Å². The predicted octanol–water partition coefficient (Wildman–Crippen LogP) is 2.23. The Morgan fingerprint density at radius 3 is 2.76 bits per heavy atom. The number of hydrogen-bond acceptors (Lipinski definition) is 2. The lowest BCUT2D eigenvalue weighted by Gasteiger charge is -2.33. The molecule has 1 saturated heterocycles. The minimum atomic E-state index is -0.894. The summed E-state index contributed by atoms with van der Waals surface area (Å²) in [6.07, 6.45) is 0.778. The number of rotatable bonds is 3. The van der Waals surface area contributed by atoms with Gasteiger partial charge in [0.1, 0.15) is 11.4 Å². The van der Waals surface area contributed by atoms with Crippen molar-refractivity contribution in [2.75, 3.05) is 0 Å². The Bertz CT molecular complexity index is 561. The topological polar surface area (TPSA) is 49.4 Å². The highest BCUT2D eigenvalue weighted by atomic mass is 19.1. The molecule has 1 fully saturated rings. The summed E-state index contributed by atoms with van der Waals surface area (Å²) in [4.78, 5) is 26.3. The zero-order valence-electron chi connectivity index (χ0n) is 12.6. The van der Waals surface area contributed by atoms with Crippen LogP contribution in [-0.4, -0.2) is 28.3 Å². The fourth-order valence-electron chi connectivity index (χ4n) is 2.61. The third-order valence-electron chi connectivity index (χ3n) is 4.11. The van der Waals surface area contributed by atoms with Crippen LogP contribution < -0.4 is 5.32 Å². The quantitative estimate of drug-likeness (QED) is 0.928. The van der Waals surface area contributed by atoms with E-state index in [1.165, 1.54) is 12.1 Å². The molecule has 2 amide bonds. The van der Waals surface area contributed by atoms with Gasteiger partial charge in [0.25, 0.3) is 0 Å². The standard InChI is InChI=1S/C16H21FN2O2/c1-4-16(3)15(21)19(11(2)8-14(20)18-16)10-12-6-5-7-13(17)9-12/h5-7,9,11H,4,8,10H2,1-3H3,(H,18,20). The summed E-state index contributed by atoms with van der Waals surface area (Å²) in [5.41, 5.74) is -0.169. The van der Waals surface area contributed by atoms with Gasteiger partial charge in [0.05, 0.1) is 0 Å². The second-order valence-corrected chi connectivity index (χ2v) is 5.85. The molecule has 2 atom stereocenters. The molecule has 0 spiro atoms. The molecule has 1 heterocycles. The number of nitrogens with zero attached hydrogens (tertiary/aromatic N) is 1. The minimum Gasteiger partial charge on any atom is -0.342 e. The van der Waals surface area contributed by atoms with Crippen LogP contribution >= 0.6 is 0 Å². The molecule has 2 rings (SSSR count). The van der Waals surface area contributed by atoms with Crippen molar-refractivity contribution < 1.29 is 14.0 Å². The van der Waals surface area contributed by atoms with Crippen molar-refractivity contribution in [1.29, 1.82) is 0 Å². The van der Waals surface area contributed by atoms with Crippen molar-refractivity contribution in [1.82, 2.24) is 10.2 Å². The van der Waals surface area contributed by atoms with Gasteiger partial charge in [0.2, 0.25) is 11.8 Å². The Morgan fingerprint density at radius 1 is 1.43 bits per heavy atom. The van der Waals surface area contributed by atoms with E-state index < -0.39 is 5.54 Å². The summed E-state index contributed by atoms with van der Waals surface area (Å²) in [7, 11) is 0. The monoisotopic (exact) mass is 292 g/mol. The van der Waals surface area contributed by atoms with Crippen molar-refractivity contribution in [3.05, 3.63) is 35.6 Å². The van der Waals surface area contributed by atoms with E-state index in [0.717, 1.165) is 5.56 Å². The lowest BCUT2D eigenvalue weighted by molar-refractivity contribution is -0.140. The van der Waals surface area contributed by atoms with Gasteiger partial charge in [0, 0.05) is 19.0 Å². The molecule has 1 aliphatic heterocycles. The molecule has 0 aromatic heterocycles. The van der Waals surface area contributed by atoms with E-state index in [9.17, 15) is 14.0 Å². The van der Waals surface area contributed by atoms with E-state index in [-0.39, 0.29) is 30.1 Å². The van der Waals surface area contributed by atoms with Gasteiger partial charge in [-0.1, -0.05) is 19.1 Å². The van der Waals surface area contributed by atoms with Gasteiger partial charge in [-0.25, -0.2) is 4.39 Å². The van der Waals surface area contributed by atoms with Crippen LogP contribution in [0.5, 0.6) is 0 Å². The van der Waals surface area contributed by atoms with E-state index in [0.29, 0.717) is 13.0 Å². The van der Waals surface area contributed by atoms with Gasteiger partial charge in [-0.2, -0.15) is 0 Å².